The Morgan fingerprint density at radius 1 is 0.339 bits per heavy atom. The van der Waals surface area contributed by atoms with Crippen LogP contribution in [0.1, 0.15) is 374 Å². The number of carbonyl (C=O) groups is 4. The Labute approximate surface area is 691 Å². The summed E-state index contributed by atoms with van der Waals surface area (Å²) in [6.45, 7) is 5.52. The first-order valence-corrected chi connectivity index (χ1v) is 47.2. The topological polar surface area (TPSA) is 380 Å². The number of unbranched alkanes of at least 4 members (excludes halogenated alkanes) is 43. The van der Waals surface area contributed by atoms with Gasteiger partial charge in [-0.25, -0.2) is 4.57 Å². The minimum atomic E-state index is -5.81. The van der Waals surface area contributed by atoms with Crippen molar-refractivity contribution in [3.8, 4) is 0 Å². The van der Waals surface area contributed by atoms with Crippen LogP contribution in [0, 0.1) is 0 Å². The molecule has 672 valence electrons. The highest BCUT2D eigenvalue weighted by Crippen LogP contribution is 2.49. The maximum atomic E-state index is 14.9. The average Bonchev–Trinajstić information content (AvgIpc) is 0.756. The molecule has 1 saturated carbocycles. The van der Waals surface area contributed by atoms with Gasteiger partial charge in [-0.2, -0.15) is 0 Å². The monoisotopic (exact) mass is 1660 g/mol. The van der Waals surface area contributed by atoms with Crippen molar-refractivity contribution in [1.82, 2.24) is 0 Å². The molecule has 0 aromatic heterocycles. The minimum Gasteiger partial charge on any atom is -0.463 e. The van der Waals surface area contributed by atoms with E-state index in [1.54, 1.807) is 0 Å². The molecule has 0 spiro atoms. The van der Waals surface area contributed by atoms with Gasteiger partial charge in [0, 0.05) is 25.7 Å². The van der Waals surface area contributed by atoms with Crippen LogP contribution in [0.5, 0.6) is 0 Å². The van der Waals surface area contributed by atoms with Crippen LogP contribution in [0.2, 0.25) is 0 Å². The van der Waals surface area contributed by atoms with Crippen molar-refractivity contribution in [2.75, 3.05) is 26.4 Å². The van der Waals surface area contributed by atoms with Gasteiger partial charge in [-0.1, -0.05) is 282 Å². The summed E-state index contributed by atoms with van der Waals surface area (Å²) in [6, 6.07) is 0. The predicted molar refractivity (Wildman–Crippen MR) is 444 cm³/mol. The Hall–Kier alpha value is -3.31. The minimum absolute atomic E-state index is 0.00734. The summed E-state index contributed by atoms with van der Waals surface area (Å²) in [7, 11) is -5.81. The molecule has 0 radical (unpaired) electrons. The largest absolute Gasteiger partial charge is 0.472 e. The van der Waals surface area contributed by atoms with E-state index in [4.69, 9.17) is 46.9 Å². The molecular weight excluding hydrogens is 1500 g/mol. The molecule has 2 aliphatic heterocycles. The lowest BCUT2D eigenvalue weighted by Crippen LogP contribution is -2.70. The highest BCUT2D eigenvalue weighted by molar-refractivity contribution is 7.47. The van der Waals surface area contributed by atoms with Gasteiger partial charge in [0.05, 0.1) is 13.2 Å². The number of carbonyl (C=O) groups excluding carboxylic acids is 4. The number of ether oxygens (including phenoxy) is 8. The molecule has 18 atom stereocenters. The number of phosphoric acid groups is 1. The molecule has 1 aliphatic carbocycles. The molecule has 3 rings (SSSR count). The van der Waals surface area contributed by atoms with Crippen molar-refractivity contribution in [2.24, 2.45) is 0 Å². The van der Waals surface area contributed by atoms with Crippen LogP contribution >= 0.6 is 7.82 Å². The lowest BCUT2D eigenvalue weighted by Gasteiger charge is -2.50. The Morgan fingerprint density at radius 2 is 0.652 bits per heavy atom. The first-order valence-electron chi connectivity index (χ1n) is 45.7. The normalized spacial score (nSPS) is 25.4. The molecule has 2 heterocycles. The van der Waals surface area contributed by atoms with E-state index in [1.807, 2.05) is 0 Å². The molecule has 0 amide bonds. The van der Waals surface area contributed by atoms with Gasteiger partial charge < -0.3 is 88.7 Å². The standard InChI is InChI=1S/C89H161O25P/c1-5-9-13-17-21-25-29-33-35-39-42-46-50-54-58-62-73(92)106-68-71-77(96)79(98)83(102)89(110-71)113-86-84(111-75(94)64-60-56-52-48-44-40-36-34-30-26-22-18-14-10-6-2)80(99)81(100)85(112-88-82(101)78(97)76(95)70(65-90)109-88)87(86)114-115(103,104)107-67-69(108-74(93)63-59-55-51-47-43-38-32-28-24-20-16-12-8-4)66-105-72(91)61-57-53-49-45-41-37-31-27-23-19-15-11-7-3/h25-26,29-30,38,43,69-71,76-90,95-102H,5-24,27-28,31-37,39-42,44-68H2,1-4H3,(H,103,104)/b29-25-,30-26-,43-38-. The van der Waals surface area contributed by atoms with Gasteiger partial charge in [-0.15, -0.1) is 0 Å². The van der Waals surface area contributed by atoms with Crippen molar-refractivity contribution in [3.63, 3.8) is 0 Å². The smallest absolute Gasteiger partial charge is 0.463 e. The second-order valence-corrected chi connectivity index (χ2v) is 33.9. The average molecular weight is 1660 g/mol. The molecular formula is C89H161O25P. The van der Waals surface area contributed by atoms with Crippen molar-refractivity contribution in [3.05, 3.63) is 36.5 Å². The summed E-state index contributed by atoms with van der Waals surface area (Å²) in [5.74, 6) is -3.00. The van der Waals surface area contributed by atoms with Crippen molar-refractivity contribution >= 4 is 31.7 Å². The molecule has 25 nitrogen and oxygen atoms in total. The highest BCUT2D eigenvalue weighted by atomic mass is 31.2. The number of aliphatic hydroxyl groups excluding tert-OH is 9. The van der Waals surface area contributed by atoms with Crippen molar-refractivity contribution in [2.45, 2.75) is 479 Å². The summed E-state index contributed by atoms with van der Waals surface area (Å²) in [5, 5.41) is 102. The van der Waals surface area contributed by atoms with E-state index in [9.17, 15) is 74.6 Å². The van der Waals surface area contributed by atoms with E-state index < -0.39 is 162 Å². The Balaban J connectivity index is 1.93. The van der Waals surface area contributed by atoms with Gasteiger partial charge >= 0.3 is 31.7 Å². The van der Waals surface area contributed by atoms with Crippen LogP contribution in [0.3, 0.4) is 0 Å². The number of aliphatic hydroxyl groups is 9. The van der Waals surface area contributed by atoms with Crippen LogP contribution in [-0.2, 0) is 70.7 Å². The van der Waals surface area contributed by atoms with E-state index in [0.29, 0.717) is 38.5 Å². The Kier molecular flexibility index (Phi) is 62.8. The fourth-order valence-corrected chi connectivity index (χ4v) is 15.7. The SMILES string of the molecule is CCCCCC/C=C\CCCCCCCCCC(=O)OCC1OC(OC2C(OC(=O)CCCCCCCCC/C=C\CCCCCC)C(O)C(O)C(OC3OC(CO)C(O)C(O)C3O)C2OP(=O)(O)OCC(COC(=O)CCCCCCCCCCCCCCC)OC(=O)CCCCC/C=C\CCCCCCCC)C(O)C(O)C1O. The molecule has 3 fully saturated rings. The first-order chi connectivity index (χ1) is 55.7. The van der Waals surface area contributed by atoms with E-state index in [0.717, 1.165) is 154 Å². The van der Waals surface area contributed by atoms with Gasteiger partial charge in [0.15, 0.2) is 24.8 Å². The summed E-state index contributed by atoms with van der Waals surface area (Å²) in [4.78, 5) is 66.3. The second-order valence-electron chi connectivity index (χ2n) is 32.4. The second kappa shape index (κ2) is 68.3. The van der Waals surface area contributed by atoms with Gasteiger partial charge in [-0.3, -0.25) is 28.2 Å². The lowest BCUT2D eigenvalue weighted by molar-refractivity contribution is -0.360. The molecule has 26 heteroatoms. The molecule has 3 aliphatic rings. The predicted octanol–water partition coefficient (Wildman–Crippen LogP) is 16.3. The fraction of sp³-hybridized carbons (Fsp3) is 0.888. The summed E-state index contributed by atoms with van der Waals surface area (Å²) < 4.78 is 73.3. The maximum Gasteiger partial charge on any atom is 0.472 e. The number of phosphoric ester groups is 1. The zero-order valence-corrected chi connectivity index (χ0v) is 72.2. The van der Waals surface area contributed by atoms with E-state index in [1.165, 1.54) is 128 Å². The van der Waals surface area contributed by atoms with Gasteiger partial charge in [0.1, 0.15) is 92.6 Å². The molecule has 115 heavy (non-hydrogen) atoms. The summed E-state index contributed by atoms with van der Waals surface area (Å²) in [5.41, 5.74) is 0. The molecule has 0 bridgehead atoms. The third kappa shape index (κ3) is 48.8. The molecule has 18 unspecified atom stereocenters. The zero-order chi connectivity index (χ0) is 84.0. The number of hydrogen-bond donors (Lipinski definition) is 10. The Bertz CT molecular complexity index is 2540. The highest BCUT2D eigenvalue weighted by Gasteiger charge is 2.60. The molecule has 0 aromatic rings. The third-order valence-corrected chi connectivity index (χ3v) is 23.1. The van der Waals surface area contributed by atoms with E-state index >= 15 is 0 Å². The number of esters is 4. The molecule has 2 saturated heterocycles. The zero-order valence-electron chi connectivity index (χ0n) is 71.3. The third-order valence-electron chi connectivity index (χ3n) is 22.1. The van der Waals surface area contributed by atoms with Gasteiger partial charge in [-0.05, 0) is 103 Å². The maximum absolute atomic E-state index is 14.9. The van der Waals surface area contributed by atoms with E-state index in [2.05, 4.69) is 64.2 Å². The van der Waals surface area contributed by atoms with Crippen molar-refractivity contribution in [1.29, 1.82) is 0 Å². The quantitative estimate of drug-likeness (QED) is 0.00889. The van der Waals surface area contributed by atoms with Crippen molar-refractivity contribution < 1.29 is 122 Å². The number of rotatable bonds is 73. The van der Waals surface area contributed by atoms with Gasteiger partial charge in [0.2, 0.25) is 0 Å². The lowest BCUT2D eigenvalue weighted by atomic mass is 9.84. The van der Waals surface area contributed by atoms with E-state index in [-0.39, 0.29) is 25.7 Å². The van der Waals surface area contributed by atoms with Gasteiger partial charge in [0.25, 0.3) is 0 Å². The van der Waals surface area contributed by atoms with Crippen LogP contribution in [0.15, 0.2) is 36.5 Å². The van der Waals surface area contributed by atoms with Crippen LogP contribution < -0.4 is 0 Å². The molecule has 10 N–H and O–H groups in total. The number of hydrogen-bond acceptors (Lipinski definition) is 24. The van der Waals surface area contributed by atoms with Crippen LogP contribution in [0.4, 0.5) is 0 Å². The molecule has 0 aromatic carbocycles. The number of allylic oxidation sites excluding steroid dienone is 6. The van der Waals surface area contributed by atoms with Crippen LogP contribution in [0.25, 0.3) is 0 Å². The Morgan fingerprint density at radius 3 is 1.05 bits per heavy atom. The van der Waals surface area contributed by atoms with Crippen LogP contribution in [-0.4, -0.2) is 205 Å². The summed E-state index contributed by atoms with van der Waals surface area (Å²) >= 11 is 0. The fourth-order valence-electron chi connectivity index (χ4n) is 14.8. The summed E-state index contributed by atoms with van der Waals surface area (Å²) in [6.07, 6.45) is 28.7. The first kappa shape index (κ1) is 106.